The lowest BCUT2D eigenvalue weighted by molar-refractivity contribution is -0.107. The first kappa shape index (κ1) is 17.7. The normalized spacial score (nSPS) is 10.5. The third-order valence-electron chi connectivity index (χ3n) is 3.74. The van der Waals surface area contributed by atoms with Crippen LogP contribution in [0.2, 0.25) is 0 Å². The van der Waals surface area contributed by atoms with Gasteiger partial charge in [-0.25, -0.2) is 0 Å². The van der Waals surface area contributed by atoms with Gasteiger partial charge in [0.1, 0.15) is 12.0 Å². The average Bonchev–Trinajstić information content (AvgIpc) is 2.52. The summed E-state index contributed by atoms with van der Waals surface area (Å²) in [5, 5.41) is 0. The Morgan fingerprint density at radius 3 is 2.14 bits per heavy atom. The number of carbonyl (C=O) groups is 1. The van der Waals surface area contributed by atoms with Gasteiger partial charge in [0.25, 0.3) is 0 Å². The maximum atomic E-state index is 10.3. The third kappa shape index (κ3) is 9.28. The summed E-state index contributed by atoms with van der Waals surface area (Å²) in [6.07, 6.45) is 13.0. The molecule has 0 radical (unpaired) electrons. The zero-order valence-corrected chi connectivity index (χ0v) is 13.5. The second-order valence-electron chi connectivity index (χ2n) is 5.67. The molecule has 0 aromatic heterocycles. The van der Waals surface area contributed by atoms with E-state index >= 15 is 0 Å². The van der Waals surface area contributed by atoms with E-state index in [9.17, 15) is 4.79 Å². The molecule has 0 aliphatic rings. The number of unbranched alkanes of at least 4 members (excludes halogenated alkanes) is 7. The van der Waals surface area contributed by atoms with Gasteiger partial charge in [0.05, 0.1) is 6.61 Å². The van der Waals surface area contributed by atoms with Crippen LogP contribution in [0.1, 0.15) is 70.3 Å². The predicted octanol–water partition coefficient (Wildman–Crippen LogP) is 5.34. The maximum Gasteiger partial charge on any atom is 0.120 e. The first-order valence-corrected chi connectivity index (χ1v) is 8.52. The Hall–Kier alpha value is -1.31. The van der Waals surface area contributed by atoms with Crippen molar-refractivity contribution in [3.8, 4) is 5.75 Å². The SMILES string of the molecule is CCCCCCCCCCOc1ccc(CCC=O)cc1. The van der Waals surface area contributed by atoms with Gasteiger partial charge < -0.3 is 9.53 Å². The summed E-state index contributed by atoms with van der Waals surface area (Å²) < 4.78 is 5.74. The lowest BCUT2D eigenvalue weighted by atomic mass is 10.1. The lowest BCUT2D eigenvalue weighted by Crippen LogP contribution is -1.97. The molecule has 0 fully saturated rings. The molecule has 0 saturated heterocycles. The van der Waals surface area contributed by atoms with E-state index in [0.717, 1.165) is 31.5 Å². The van der Waals surface area contributed by atoms with Crippen molar-refractivity contribution in [2.24, 2.45) is 0 Å². The Bertz CT molecular complexity index is 356. The highest BCUT2D eigenvalue weighted by molar-refractivity contribution is 5.50. The van der Waals surface area contributed by atoms with Gasteiger partial charge in [0.2, 0.25) is 0 Å². The zero-order chi connectivity index (χ0) is 15.2. The molecule has 0 spiro atoms. The minimum atomic E-state index is 0.596. The van der Waals surface area contributed by atoms with E-state index in [0.29, 0.717) is 6.42 Å². The van der Waals surface area contributed by atoms with Crippen molar-refractivity contribution >= 4 is 6.29 Å². The van der Waals surface area contributed by atoms with E-state index in [1.165, 1.54) is 50.5 Å². The molecule has 1 rings (SSSR count). The van der Waals surface area contributed by atoms with E-state index in [1.54, 1.807) is 0 Å². The van der Waals surface area contributed by atoms with Crippen LogP contribution >= 0.6 is 0 Å². The average molecular weight is 290 g/mol. The van der Waals surface area contributed by atoms with Gasteiger partial charge in [-0.3, -0.25) is 0 Å². The van der Waals surface area contributed by atoms with Crippen LogP contribution in [0.4, 0.5) is 0 Å². The molecule has 0 unspecified atom stereocenters. The molecule has 0 bridgehead atoms. The van der Waals surface area contributed by atoms with Crippen LogP contribution in [0.3, 0.4) is 0 Å². The van der Waals surface area contributed by atoms with Gasteiger partial charge in [-0.05, 0) is 30.5 Å². The minimum absolute atomic E-state index is 0.596. The fourth-order valence-corrected chi connectivity index (χ4v) is 2.40. The number of benzene rings is 1. The fourth-order valence-electron chi connectivity index (χ4n) is 2.40. The molecule has 0 atom stereocenters. The Kier molecular flexibility index (Phi) is 10.5. The van der Waals surface area contributed by atoms with Crippen molar-refractivity contribution in [2.75, 3.05) is 6.61 Å². The van der Waals surface area contributed by atoms with Gasteiger partial charge >= 0.3 is 0 Å². The molecule has 1 aromatic rings. The monoisotopic (exact) mass is 290 g/mol. The molecule has 0 aliphatic heterocycles. The number of hydrogen-bond donors (Lipinski definition) is 0. The number of rotatable bonds is 13. The van der Waals surface area contributed by atoms with Crippen molar-refractivity contribution in [3.05, 3.63) is 29.8 Å². The number of aryl methyl sites for hydroxylation is 1. The lowest BCUT2D eigenvalue weighted by Gasteiger charge is -2.07. The highest BCUT2D eigenvalue weighted by Gasteiger charge is 1.96. The number of carbonyl (C=O) groups excluding carboxylic acids is 1. The third-order valence-corrected chi connectivity index (χ3v) is 3.74. The van der Waals surface area contributed by atoms with Gasteiger partial charge in [-0.1, -0.05) is 64.0 Å². The number of aldehydes is 1. The van der Waals surface area contributed by atoms with Crippen LogP contribution in [0.15, 0.2) is 24.3 Å². The molecular formula is C19H30O2. The van der Waals surface area contributed by atoms with Crippen molar-refractivity contribution in [1.29, 1.82) is 0 Å². The first-order valence-electron chi connectivity index (χ1n) is 8.52. The van der Waals surface area contributed by atoms with Crippen LogP contribution in [0.25, 0.3) is 0 Å². The molecule has 0 amide bonds. The van der Waals surface area contributed by atoms with Crippen LogP contribution < -0.4 is 4.74 Å². The summed E-state index contributed by atoms with van der Waals surface area (Å²) in [6.45, 7) is 3.06. The molecule has 2 heteroatoms. The van der Waals surface area contributed by atoms with Gasteiger partial charge in [-0.15, -0.1) is 0 Å². The van der Waals surface area contributed by atoms with E-state index in [1.807, 2.05) is 24.3 Å². The standard InChI is InChI=1S/C19H30O2/c1-2-3-4-5-6-7-8-9-17-21-19-14-12-18(13-15-19)11-10-16-20/h12-16H,2-11,17H2,1H3. The summed E-state index contributed by atoms with van der Waals surface area (Å²) in [5.74, 6) is 0.938. The molecule has 1 aromatic carbocycles. The van der Waals surface area contributed by atoms with Crippen molar-refractivity contribution in [3.63, 3.8) is 0 Å². The number of ether oxygens (including phenoxy) is 1. The second kappa shape index (κ2) is 12.4. The number of hydrogen-bond acceptors (Lipinski definition) is 2. The van der Waals surface area contributed by atoms with Gasteiger partial charge in [-0.2, -0.15) is 0 Å². The molecule has 0 heterocycles. The van der Waals surface area contributed by atoms with E-state index in [-0.39, 0.29) is 0 Å². The minimum Gasteiger partial charge on any atom is -0.494 e. The molecular weight excluding hydrogens is 260 g/mol. The molecule has 118 valence electrons. The van der Waals surface area contributed by atoms with Crippen LogP contribution in [0, 0.1) is 0 Å². The summed E-state index contributed by atoms with van der Waals surface area (Å²) in [7, 11) is 0. The van der Waals surface area contributed by atoms with E-state index < -0.39 is 0 Å². The predicted molar refractivity (Wildman–Crippen MR) is 88.9 cm³/mol. The smallest absolute Gasteiger partial charge is 0.120 e. The summed E-state index contributed by atoms with van der Waals surface area (Å²) >= 11 is 0. The summed E-state index contributed by atoms with van der Waals surface area (Å²) in [5.41, 5.74) is 1.20. The van der Waals surface area contributed by atoms with Crippen molar-refractivity contribution in [1.82, 2.24) is 0 Å². The Morgan fingerprint density at radius 1 is 0.905 bits per heavy atom. The van der Waals surface area contributed by atoms with E-state index in [4.69, 9.17) is 4.74 Å². The Morgan fingerprint density at radius 2 is 1.52 bits per heavy atom. The second-order valence-corrected chi connectivity index (χ2v) is 5.67. The van der Waals surface area contributed by atoms with Gasteiger partial charge in [0, 0.05) is 6.42 Å². The highest BCUT2D eigenvalue weighted by atomic mass is 16.5. The Balaban J connectivity index is 2.01. The van der Waals surface area contributed by atoms with Crippen molar-refractivity contribution < 1.29 is 9.53 Å². The molecule has 2 nitrogen and oxygen atoms in total. The van der Waals surface area contributed by atoms with Crippen molar-refractivity contribution in [2.45, 2.75) is 71.1 Å². The summed E-state index contributed by atoms with van der Waals surface area (Å²) in [4.78, 5) is 10.3. The van der Waals surface area contributed by atoms with Crippen LogP contribution in [-0.2, 0) is 11.2 Å². The molecule has 21 heavy (non-hydrogen) atoms. The zero-order valence-electron chi connectivity index (χ0n) is 13.5. The topological polar surface area (TPSA) is 26.3 Å². The van der Waals surface area contributed by atoms with Gasteiger partial charge in [0.15, 0.2) is 0 Å². The largest absolute Gasteiger partial charge is 0.494 e. The summed E-state index contributed by atoms with van der Waals surface area (Å²) in [6, 6.07) is 8.11. The molecule has 0 saturated carbocycles. The molecule has 0 aliphatic carbocycles. The van der Waals surface area contributed by atoms with E-state index in [2.05, 4.69) is 6.92 Å². The first-order chi connectivity index (χ1) is 10.4. The fraction of sp³-hybridized carbons (Fsp3) is 0.632. The maximum absolute atomic E-state index is 10.3. The molecule has 0 N–H and O–H groups in total. The highest BCUT2D eigenvalue weighted by Crippen LogP contribution is 2.14. The van der Waals surface area contributed by atoms with Crippen LogP contribution in [-0.4, -0.2) is 12.9 Å². The Labute approximate surface area is 129 Å². The quantitative estimate of drug-likeness (QED) is 0.362. The van der Waals surface area contributed by atoms with Crippen LogP contribution in [0.5, 0.6) is 5.75 Å².